The summed E-state index contributed by atoms with van der Waals surface area (Å²) in [5, 5.41) is 2.81. The molecule has 0 saturated carbocycles. The lowest BCUT2D eigenvalue weighted by molar-refractivity contribution is -0.117. The van der Waals surface area contributed by atoms with E-state index < -0.39 is 6.04 Å². The SMILES string of the molecule is CC(C)C[C@H](N)C(=O)Nc1ccc(-c2cnco2)cc1. The lowest BCUT2D eigenvalue weighted by Gasteiger charge is -2.14. The summed E-state index contributed by atoms with van der Waals surface area (Å²) in [5.41, 5.74) is 7.47. The lowest BCUT2D eigenvalue weighted by Crippen LogP contribution is -2.36. The fourth-order valence-corrected chi connectivity index (χ4v) is 1.93. The number of anilines is 1. The Morgan fingerprint density at radius 2 is 2.05 bits per heavy atom. The molecule has 0 saturated heterocycles. The monoisotopic (exact) mass is 273 g/mol. The average molecular weight is 273 g/mol. The van der Waals surface area contributed by atoms with Crippen molar-refractivity contribution in [3.8, 4) is 11.3 Å². The van der Waals surface area contributed by atoms with E-state index in [1.807, 2.05) is 38.1 Å². The maximum atomic E-state index is 11.9. The number of carbonyl (C=O) groups excluding carboxylic acids is 1. The first-order valence-corrected chi connectivity index (χ1v) is 6.61. The van der Waals surface area contributed by atoms with E-state index in [1.165, 1.54) is 6.39 Å². The number of nitrogens with one attached hydrogen (secondary N) is 1. The van der Waals surface area contributed by atoms with Gasteiger partial charge in [0.2, 0.25) is 5.91 Å². The predicted molar refractivity (Wildman–Crippen MR) is 78.0 cm³/mol. The smallest absolute Gasteiger partial charge is 0.241 e. The van der Waals surface area contributed by atoms with E-state index in [4.69, 9.17) is 10.2 Å². The van der Waals surface area contributed by atoms with Crippen LogP contribution in [0.1, 0.15) is 20.3 Å². The molecular formula is C15H19N3O2. The molecule has 2 aromatic rings. The van der Waals surface area contributed by atoms with Gasteiger partial charge in [0.15, 0.2) is 12.2 Å². The summed E-state index contributed by atoms with van der Waals surface area (Å²) >= 11 is 0. The largest absolute Gasteiger partial charge is 0.444 e. The van der Waals surface area contributed by atoms with Gasteiger partial charge in [-0.05, 0) is 36.6 Å². The molecule has 0 spiro atoms. The second-order valence-corrected chi connectivity index (χ2v) is 5.17. The molecule has 106 valence electrons. The van der Waals surface area contributed by atoms with Gasteiger partial charge in [0.05, 0.1) is 12.2 Å². The molecule has 0 aliphatic heterocycles. The van der Waals surface area contributed by atoms with Crippen LogP contribution in [0, 0.1) is 5.92 Å². The van der Waals surface area contributed by atoms with Gasteiger partial charge in [-0.25, -0.2) is 4.98 Å². The third-order valence-electron chi connectivity index (χ3n) is 2.93. The standard InChI is InChI=1S/C15H19N3O2/c1-10(2)7-13(16)15(19)18-12-5-3-11(4-6-12)14-8-17-9-20-14/h3-6,8-10,13H,7,16H2,1-2H3,(H,18,19)/t13-/m0/s1. The van der Waals surface area contributed by atoms with Crippen LogP contribution in [0.4, 0.5) is 5.69 Å². The van der Waals surface area contributed by atoms with Crippen molar-refractivity contribution in [1.82, 2.24) is 4.98 Å². The number of carbonyl (C=O) groups is 1. The zero-order chi connectivity index (χ0) is 14.5. The van der Waals surface area contributed by atoms with Crippen molar-refractivity contribution in [2.45, 2.75) is 26.3 Å². The molecule has 0 radical (unpaired) electrons. The number of hydrogen-bond donors (Lipinski definition) is 2. The molecule has 5 nitrogen and oxygen atoms in total. The van der Waals surface area contributed by atoms with E-state index in [1.54, 1.807) is 6.20 Å². The Labute approximate surface area is 118 Å². The van der Waals surface area contributed by atoms with Crippen molar-refractivity contribution in [1.29, 1.82) is 0 Å². The number of aromatic nitrogens is 1. The minimum Gasteiger partial charge on any atom is -0.444 e. The van der Waals surface area contributed by atoms with Gasteiger partial charge in [0.1, 0.15) is 0 Å². The quantitative estimate of drug-likeness (QED) is 0.877. The number of benzene rings is 1. The number of nitrogens with two attached hydrogens (primary N) is 1. The van der Waals surface area contributed by atoms with Gasteiger partial charge >= 0.3 is 0 Å². The molecule has 0 fully saturated rings. The summed E-state index contributed by atoms with van der Waals surface area (Å²) in [4.78, 5) is 15.8. The topological polar surface area (TPSA) is 81.2 Å². The van der Waals surface area contributed by atoms with E-state index in [2.05, 4.69) is 10.3 Å². The van der Waals surface area contributed by atoms with Crippen LogP contribution in [0.15, 0.2) is 41.3 Å². The average Bonchev–Trinajstić information content (AvgIpc) is 2.92. The highest BCUT2D eigenvalue weighted by atomic mass is 16.3. The van der Waals surface area contributed by atoms with Crippen LogP contribution in [0.5, 0.6) is 0 Å². The molecule has 0 unspecified atom stereocenters. The Bertz CT molecular complexity index is 547. The Kier molecular flexibility index (Phi) is 4.53. The van der Waals surface area contributed by atoms with Crippen LogP contribution in [-0.4, -0.2) is 16.9 Å². The van der Waals surface area contributed by atoms with E-state index in [-0.39, 0.29) is 5.91 Å². The zero-order valence-electron chi connectivity index (χ0n) is 11.7. The number of nitrogens with zero attached hydrogens (tertiary/aromatic N) is 1. The van der Waals surface area contributed by atoms with Crippen molar-refractivity contribution < 1.29 is 9.21 Å². The molecular weight excluding hydrogens is 254 g/mol. The second-order valence-electron chi connectivity index (χ2n) is 5.17. The Hall–Kier alpha value is -2.14. The zero-order valence-corrected chi connectivity index (χ0v) is 11.7. The number of oxazole rings is 1. The molecule has 0 bridgehead atoms. The van der Waals surface area contributed by atoms with E-state index >= 15 is 0 Å². The highest BCUT2D eigenvalue weighted by molar-refractivity contribution is 5.94. The van der Waals surface area contributed by atoms with Crippen molar-refractivity contribution in [3.05, 3.63) is 36.9 Å². The normalized spacial score (nSPS) is 12.4. The molecule has 0 aliphatic rings. The lowest BCUT2D eigenvalue weighted by atomic mass is 10.0. The van der Waals surface area contributed by atoms with E-state index in [0.29, 0.717) is 18.1 Å². The van der Waals surface area contributed by atoms with Crippen LogP contribution in [0.2, 0.25) is 0 Å². The minimum atomic E-state index is -0.482. The fourth-order valence-electron chi connectivity index (χ4n) is 1.93. The number of hydrogen-bond acceptors (Lipinski definition) is 4. The first-order chi connectivity index (χ1) is 9.56. The van der Waals surface area contributed by atoms with Crippen molar-refractivity contribution in [3.63, 3.8) is 0 Å². The van der Waals surface area contributed by atoms with Crippen LogP contribution in [0.3, 0.4) is 0 Å². The highest BCUT2D eigenvalue weighted by Gasteiger charge is 2.15. The molecule has 5 heteroatoms. The maximum Gasteiger partial charge on any atom is 0.241 e. The van der Waals surface area contributed by atoms with Gasteiger partial charge in [0, 0.05) is 11.3 Å². The van der Waals surface area contributed by atoms with Crippen molar-refractivity contribution >= 4 is 11.6 Å². The van der Waals surface area contributed by atoms with E-state index in [0.717, 1.165) is 11.3 Å². The van der Waals surface area contributed by atoms with Gasteiger partial charge in [-0.2, -0.15) is 0 Å². The van der Waals surface area contributed by atoms with Crippen molar-refractivity contribution in [2.75, 3.05) is 5.32 Å². The van der Waals surface area contributed by atoms with Crippen LogP contribution in [-0.2, 0) is 4.79 Å². The fraction of sp³-hybridized carbons (Fsp3) is 0.333. The Morgan fingerprint density at radius 3 is 2.60 bits per heavy atom. The molecule has 1 aromatic carbocycles. The van der Waals surface area contributed by atoms with Gasteiger partial charge in [-0.1, -0.05) is 13.8 Å². The van der Waals surface area contributed by atoms with Gasteiger partial charge in [0.25, 0.3) is 0 Å². The molecule has 20 heavy (non-hydrogen) atoms. The first-order valence-electron chi connectivity index (χ1n) is 6.61. The molecule has 0 aliphatic carbocycles. The Morgan fingerprint density at radius 1 is 1.35 bits per heavy atom. The van der Waals surface area contributed by atoms with Gasteiger partial charge in [-0.3, -0.25) is 4.79 Å². The summed E-state index contributed by atoms with van der Waals surface area (Å²) < 4.78 is 5.20. The number of rotatable bonds is 5. The third kappa shape index (κ3) is 3.68. The summed E-state index contributed by atoms with van der Waals surface area (Å²) in [6.45, 7) is 4.08. The minimum absolute atomic E-state index is 0.161. The Balaban J connectivity index is 1.99. The molecule has 1 heterocycles. The first kappa shape index (κ1) is 14.3. The predicted octanol–water partition coefficient (Wildman–Crippen LogP) is 2.65. The van der Waals surface area contributed by atoms with Crippen LogP contribution >= 0.6 is 0 Å². The number of amides is 1. The second kappa shape index (κ2) is 6.34. The molecule has 1 aromatic heterocycles. The summed E-state index contributed by atoms with van der Waals surface area (Å²) in [6, 6.07) is 6.88. The van der Waals surface area contributed by atoms with Crippen molar-refractivity contribution in [2.24, 2.45) is 11.7 Å². The third-order valence-corrected chi connectivity index (χ3v) is 2.93. The van der Waals surface area contributed by atoms with Crippen LogP contribution in [0.25, 0.3) is 11.3 Å². The molecule has 1 amide bonds. The molecule has 1 atom stereocenters. The van der Waals surface area contributed by atoms with Gasteiger partial charge < -0.3 is 15.5 Å². The highest BCUT2D eigenvalue weighted by Crippen LogP contribution is 2.20. The molecule has 3 N–H and O–H groups in total. The molecule has 2 rings (SSSR count). The van der Waals surface area contributed by atoms with E-state index in [9.17, 15) is 4.79 Å². The van der Waals surface area contributed by atoms with Gasteiger partial charge in [-0.15, -0.1) is 0 Å². The summed E-state index contributed by atoms with van der Waals surface area (Å²) in [6.07, 6.45) is 3.70. The maximum absolute atomic E-state index is 11.9. The summed E-state index contributed by atoms with van der Waals surface area (Å²) in [7, 11) is 0. The summed E-state index contributed by atoms with van der Waals surface area (Å²) in [5.74, 6) is 0.926. The van der Waals surface area contributed by atoms with Crippen LogP contribution < -0.4 is 11.1 Å².